The minimum atomic E-state index is -0.843. The van der Waals surface area contributed by atoms with Crippen LogP contribution in [0.2, 0.25) is 0 Å². The maximum Gasteiger partial charge on any atom is 0.317 e. The van der Waals surface area contributed by atoms with Gasteiger partial charge in [-0.25, -0.2) is 4.79 Å². The van der Waals surface area contributed by atoms with Crippen LogP contribution in [0, 0.1) is 17.2 Å². The topological polar surface area (TPSA) is 93.4 Å². The summed E-state index contributed by atoms with van der Waals surface area (Å²) >= 11 is 0. The largest absolute Gasteiger partial charge is 0.481 e. The normalized spacial score (nSPS) is 15.4. The highest BCUT2D eigenvalue weighted by Gasteiger charge is 2.32. The molecule has 106 valence electrons. The van der Waals surface area contributed by atoms with Gasteiger partial charge in [-0.3, -0.25) is 4.79 Å². The first-order valence-electron chi connectivity index (χ1n) is 6.71. The van der Waals surface area contributed by atoms with Gasteiger partial charge in [0.1, 0.15) is 0 Å². The van der Waals surface area contributed by atoms with Gasteiger partial charge in [0.05, 0.1) is 12.5 Å². The van der Waals surface area contributed by atoms with Crippen molar-refractivity contribution in [3.05, 3.63) is 0 Å². The summed E-state index contributed by atoms with van der Waals surface area (Å²) in [7, 11) is 0. The highest BCUT2D eigenvalue weighted by molar-refractivity contribution is 5.75. The second kappa shape index (κ2) is 7.62. The first kappa shape index (κ1) is 15.3. The molecule has 0 aliphatic heterocycles. The second-order valence-electron chi connectivity index (χ2n) is 4.89. The number of amides is 2. The molecule has 1 saturated carbocycles. The molecule has 0 heterocycles. The Morgan fingerprint density at radius 2 is 2.21 bits per heavy atom. The Balaban J connectivity index is 2.38. The summed E-state index contributed by atoms with van der Waals surface area (Å²) in [6.45, 7) is 2.73. The van der Waals surface area contributed by atoms with E-state index in [1.54, 1.807) is 4.90 Å². The summed E-state index contributed by atoms with van der Waals surface area (Å²) in [4.78, 5) is 24.3. The number of aliphatic carboxylic acids is 1. The van der Waals surface area contributed by atoms with Crippen molar-refractivity contribution >= 4 is 12.0 Å². The van der Waals surface area contributed by atoms with Crippen molar-refractivity contribution in [3.8, 4) is 6.07 Å². The van der Waals surface area contributed by atoms with Crippen molar-refractivity contribution < 1.29 is 14.7 Å². The average Bonchev–Trinajstić information content (AvgIpc) is 3.19. The molecule has 6 heteroatoms. The van der Waals surface area contributed by atoms with E-state index in [2.05, 4.69) is 5.32 Å². The number of nitrogens with zero attached hydrogens (tertiary/aromatic N) is 2. The highest BCUT2D eigenvalue weighted by Crippen LogP contribution is 2.26. The Morgan fingerprint density at radius 1 is 1.53 bits per heavy atom. The van der Waals surface area contributed by atoms with Crippen LogP contribution in [0.4, 0.5) is 4.79 Å². The number of carbonyl (C=O) groups excluding carboxylic acids is 1. The van der Waals surface area contributed by atoms with Crippen LogP contribution >= 0.6 is 0 Å². The molecule has 1 aliphatic rings. The number of carbonyl (C=O) groups is 2. The van der Waals surface area contributed by atoms with Crippen molar-refractivity contribution in [2.45, 2.75) is 45.1 Å². The maximum absolute atomic E-state index is 12.0. The Morgan fingerprint density at radius 3 is 2.68 bits per heavy atom. The molecule has 1 unspecified atom stereocenters. The number of carboxylic acid groups (broad SMARTS) is 1. The van der Waals surface area contributed by atoms with E-state index in [-0.39, 0.29) is 24.4 Å². The maximum atomic E-state index is 12.0. The van der Waals surface area contributed by atoms with Gasteiger partial charge >= 0.3 is 12.0 Å². The summed E-state index contributed by atoms with van der Waals surface area (Å²) in [6.07, 6.45) is 3.10. The summed E-state index contributed by atoms with van der Waals surface area (Å²) < 4.78 is 0. The minimum absolute atomic E-state index is 0.0431. The van der Waals surface area contributed by atoms with Crippen molar-refractivity contribution in [1.82, 2.24) is 10.2 Å². The zero-order chi connectivity index (χ0) is 14.3. The third-order valence-electron chi connectivity index (χ3n) is 3.30. The molecule has 1 rings (SSSR count). The molecule has 0 aromatic carbocycles. The summed E-state index contributed by atoms with van der Waals surface area (Å²) in [6, 6.07) is 2.12. The van der Waals surface area contributed by atoms with Crippen LogP contribution in [0.15, 0.2) is 0 Å². The molecular formula is C13H21N3O3. The second-order valence-corrected chi connectivity index (χ2v) is 4.89. The standard InChI is InChI=1S/C13H21N3O3/c1-2-10(8-12(17)18)9-15-13(19)16(7-3-6-14)11-4-5-11/h10-11H,2-5,7-9H2,1H3,(H,15,19)(H,17,18). The Labute approximate surface area is 113 Å². The lowest BCUT2D eigenvalue weighted by Gasteiger charge is -2.23. The molecule has 0 aromatic rings. The molecular weight excluding hydrogens is 246 g/mol. The zero-order valence-corrected chi connectivity index (χ0v) is 11.3. The molecule has 19 heavy (non-hydrogen) atoms. The molecule has 0 aromatic heterocycles. The number of nitriles is 1. The van der Waals surface area contributed by atoms with Crippen molar-refractivity contribution in [2.75, 3.05) is 13.1 Å². The smallest absolute Gasteiger partial charge is 0.317 e. The van der Waals surface area contributed by atoms with E-state index in [9.17, 15) is 9.59 Å². The number of rotatable bonds is 8. The van der Waals surface area contributed by atoms with Gasteiger partial charge < -0.3 is 15.3 Å². The van der Waals surface area contributed by atoms with Crippen LogP contribution < -0.4 is 5.32 Å². The molecule has 0 saturated heterocycles. The molecule has 6 nitrogen and oxygen atoms in total. The average molecular weight is 267 g/mol. The summed E-state index contributed by atoms with van der Waals surface area (Å²) in [5.74, 6) is -0.886. The lowest BCUT2D eigenvalue weighted by Crippen LogP contribution is -2.43. The van der Waals surface area contributed by atoms with Crippen LogP contribution in [0.25, 0.3) is 0 Å². The van der Waals surface area contributed by atoms with Gasteiger partial charge in [0.2, 0.25) is 0 Å². The Bertz CT molecular complexity index is 361. The first-order chi connectivity index (χ1) is 9.08. The molecule has 2 amide bonds. The van der Waals surface area contributed by atoms with Crippen LogP contribution in [0.1, 0.15) is 39.0 Å². The van der Waals surface area contributed by atoms with Crippen molar-refractivity contribution in [3.63, 3.8) is 0 Å². The van der Waals surface area contributed by atoms with Crippen LogP contribution in [-0.4, -0.2) is 41.1 Å². The van der Waals surface area contributed by atoms with E-state index in [0.29, 0.717) is 25.9 Å². The zero-order valence-electron chi connectivity index (χ0n) is 11.3. The third kappa shape index (κ3) is 5.60. The lowest BCUT2D eigenvalue weighted by molar-refractivity contribution is -0.138. The number of hydrogen-bond acceptors (Lipinski definition) is 3. The molecule has 0 spiro atoms. The van der Waals surface area contributed by atoms with Gasteiger partial charge in [-0.05, 0) is 18.8 Å². The Hall–Kier alpha value is -1.77. The van der Waals surface area contributed by atoms with Gasteiger partial charge in [-0.1, -0.05) is 13.3 Å². The summed E-state index contributed by atoms with van der Waals surface area (Å²) in [5, 5.41) is 20.1. The van der Waals surface area contributed by atoms with E-state index in [1.807, 2.05) is 13.0 Å². The third-order valence-corrected chi connectivity index (χ3v) is 3.30. The van der Waals surface area contributed by atoms with Crippen LogP contribution in [-0.2, 0) is 4.79 Å². The number of carboxylic acids is 1. The van der Waals surface area contributed by atoms with Crippen molar-refractivity contribution in [2.24, 2.45) is 5.92 Å². The van der Waals surface area contributed by atoms with Gasteiger partial charge in [0, 0.05) is 25.6 Å². The van der Waals surface area contributed by atoms with Crippen molar-refractivity contribution in [1.29, 1.82) is 5.26 Å². The predicted molar refractivity (Wildman–Crippen MR) is 69.4 cm³/mol. The molecule has 1 aliphatic carbocycles. The number of urea groups is 1. The predicted octanol–water partition coefficient (Wildman–Crippen LogP) is 1.57. The Kier molecular flexibility index (Phi) is 6.13. The molecule has 2 N–H and O–H groups in total. The minimum Gasteiger partial charge on any atom is -0.481 e. The quantitative estimate of drug-likeness (QED) is 0.698. The number of nitrogens with one attached hydrogen (secondary N) is 1. The number of hydrogen-bond donors (Lipinski definition) is 2. The fraction of sp³-hybridized carbons (Fsp3) is 0.769. The van der Waals surface area contributed by atoms with E-state index in [4.69, 9.17) is 10.4 Å². The highest BCUT2D eigenvalue weighted by atomic mass is 16.4. The van der Waals surface area contributed by atoms with E-state index in [0.717, 1.165) is 12.8 Å². The SMILES string of the molecule is CCC(CNC(=O)N(CCC#N)C1CC1)CC(=O)O. The fourth-order valence-corrected chi connectivity index (χ4v) is 1.95. The van der Waals surface area contributed by atoms with E-state index >= 15 is 0 Å². The van der Waals surface area contributed by atoms with Crippen LogP contribution in [0.3, 0.4) is 0 Å². The molecule has 0 bridgehead atoms. The van der Waals surface area contributed by atoms with E-state index < -0.39 is 5.97 Å². The lowest BCUT2D eigenvalue weighted by atomic mass is 10.0. The summed E-state index contributed by atoms with van der Waals surface area (Å²) in [5.41, 5.74) is 0. The molecule has 1 atom stereocenters. The molecule has 1 fully saturated rings. The van der Waals surface area contributed by atoms with Gasteiger partial charge in [0.25, 0.3) is 0 Å². The monoisotopic (exact) mass is 267 g/mol. The first-order valence-corrected chi connectivity index (χ1v) is 6.71. The van der Waals surface area contributed by atoms with Gasteiger partial charge in [-0.15, -0.1) is 0 Å². The van der Waals surface area contributed by atoms with Gasteiger partial charge in [0.15, 0.2) is 0 Å². The molecule has 0 radical (unpaired) electrons. The van der Waals surface area contributed by atoms with Crippen LogP contribution in [0.5, 0.6) is 0 Å². The van der Waals surface area contributed by atoms with E-state index in [1.165, 1.54) is 0 Å². The van der Waals surface area contributed by atoms with Gasteiger partial charge in [-0.2, -0.15) is 5.26 Å². The fourth-order valence-electron chi connectivity index (χ4n) is 1.95.